The smallest absolute Gasteiger partial charge is 0.247 e. The summed E-state index contributed by atoms with van der Waals surface area (Å²) in [5.41, 5.74) is 8.39. The summed E-state index contributed by atoms with van der Waals surface area (Å²) in [5, 5.41) is 8.21. The number of hydrogen-bond donors (Lipinski definition) is 2. The lowest BCUT2D eigenvalue weighted by molar-refractivity contribution is 0.226. The number of anilines is 1. The van der Waals surface area contributed by atoms with E-state index in [0.29, 0.717) is 22.6 Å². The standard InChI is InChI=1S/C20H17FN6O2/c1-12(16-9-15(21)3-4-17(16)27-25-6-7-26-27)29-18-8-14(11-24-20(18)22)13-2-5-19(28)23-10-13/h2-12H,1H3,(H2,22,24)(H,23,28)/t12-/m1/s1. The van der Waals surface area contributed by atoms with Gasteiger partial charge in [0.05, 0.1) is 18.1 Å². The first kappa shape index (κ1) is 18.4. The van der Waals surface area contributed by atoms with Gasteiger partial charge in [0.15, 0.2) is 11.6 Å². The molecule has 0 aliphatic heterocycles. The molecule has 9 heteroatoms. The van der Waals surface area contributed by atoms with Crippen molar-refractivity contribution in [3.8, 4) is 22.6 Å². The largest absolute Gasteiger partial charge is 0.482 e. The van der Waals surface area contributed by atoms with Crippen LogP contribution in [0.1, 0.15) is 18.6 Å². The highest BCUT2D eigenvalue weighted by Crippen LogP contribution is 2.32. The van der Waals surface area contributed by atoms with Crippen LogP contribution >= 0.6 is 0 Å². The molecule has 0 saturated carbocycles. The Morgan fingerprint density at radius 2 is 1.93 bits per heavy atom. The molecule has 0 saturated heterocycles. The molecule has 4 rings (SSSR count). The van der Waals surface area contributed by atoms with Gasteiger partial charge < -0.3 is 15.5 Å². The van der Waals surface area contributed by atoms with Gasteiger partial charge in [0.2, 0.25) is 5.56 Å². The van der Waals surface area contributed by atoms with E-state index in [2.05, 4.69) is 20.2 Å². The minimum Gasteiger partial charge on any atom is -0.482 e. The van der Waals surface area contributed by atoms with Crippen molar-refractivity contribution < 1.29 is 9.13 Å². The van der Waals surface area contributed by atoms with Gasteiger partial charge in [-0.3, -0.25) is 4.79 Å². The molecular formula is C20H17FN6O2. The highest BCUT2D eigenvalue weighted by Gasteiger charge is 2.18. The van der Waals surface area contributed by atoms with Crippen LogP contribution in [0, 0.1) is 5.82 Å². The number of rotatable bonds is 5. The molecule has 3 heterocycles. The average molecular weight is 392 g/mol. The van der Waals surface area contributed by atoms with Crippen molar-refractivity contribution in [2.24, 2.45) is 0 Å². The number of nitrogen functional groups attached to an aromatic ring is 1. The number of pyridine rings is 2. The van der Waals surface area contributed by atoms with Crippen LogP contribution in [0.3, 0.4) is 0 Å². The quantitative estimate of drug-likeness (QED) is 0.540. The van der Waals surface area contributed by atoms with Crippen molar-refractivity contribution in [3.63, 3.8) is 0 Å². The Balaban J connectivity index is 1.68. The van der Waals surface area contributed by atoms with Crippen molar-refractivity contribution in [1.82, 2.24) is 25.0 Å². The average Bonchev–Trinajstić information content (AvgIpc) is 3.25. The fourth-order valence-electron chi connectivity index (χ4n) is 2.92. The molecule has 8 nitrogen and oxygen atoms in total. The van der Waals surface area contributed by atoms with Gasteiger partial charge in [0.25, 0.3) is 0 Å². The van der Waals surface area contributed by atoms with Crippen molar-refractivity contribution in [1.29, 1.82) is 0 Å². The molecule has 0 aliphatic rings. The molecule has 0 unspecified atom stereocenters. The molecule has 0 aliphatic carbocycles. The molecular weight excluding hydrogens is 375 g/mol. The third-order valence-corrected chi connectivity index (χ3v) is 4.36. The number of aromatic amines is 1. The molecule has 1 atom stereocenters. The Morgan fingerprint density at radius 3 is 2.66 bits per heavy atom. The predicted molar refractivity (Wildman–Crippen MR) is 105 cm³/mol. The molecule has 0 spiro atoms. The Hall–Kier alpha value is -4.01. The van der Waals surface area contributed by atoms with Crippen LogP contribution in [0.25, 0.3) is 16.8 Å². The van der Waals surface area contributed by atoms with Crippen LogP contribution < -0.4 is 16.0 Å². The summed E-state index contributed by atoms with van der Waals surface area (Å²) in [4.78, 5) is 19.5. The monoisotopic (exact) mass is 392 g/mol. The number of aromatic nitrogens is 5. The van der Waals surface area contributed by atoms with Crippen molar-refractivity contribution in [2.45, 2.75) is 13.0 Å². The van der Waals surface area contributed by atoms with Gasteiger partial charge in [-0.15, -0.1) is 0 Å². The molecule has 29 heavy (non-hydrogen) atoms. The fraction of sp³-hybridized carbons (Fsp3) is 0.100. The Bertz CT molecular complexity index is 1190. The van der Waals surface area contributed by atoms with Crippen LogP contribution in [0.5, 0.6) is 5.75 Å². The Kier molecular flexibility index (Phi) is 4.78. The fourth-order valence-corrected chi connectivity index (χ4v) is 2.92. The number of hydrogen-bond acceptors (Lipinski definition) is 6. The first-order chi connectivity index (χ1) is 14.0. The van der Waals surface area contributed by atoms with E-state index in [1.807, 2.05) is 0 Å². The summed E-state index contributed by atoms with van der Waals surface area (Å²) in [6, 6.07) is 9.11. The summed E-state index contributed by atoms with van der Waals surface area (Å²) in [7, 11) is 0. The van der Waals surface area contributed by atoms with Crippen LogP contribution in [-0.2, 0) is 0 Å². The molecule has 146 valence electrons. The van der Waals surface area contributed by atoms with E-state index in [4.69, 9.17) is 10.5 Å². The molecule has 0 bridgehead atoms. The van der Waals surface area contributed by atoms with Gasteiger partial charge in [-0.05, 0) is 42.8 Å². The third kappa shape index (κ3) is 3.84. The second kappa shape index (κ2) is 7.55. The summed E-state index contributed by atoms with van der Waals surface area (Å²) in [5.74, 6) is 0.129. The van der Waals surface area contributed by atoms with Gasteiger partial charge in [0, 0.05) is 29.6 Å². The van der Waals surface area contributed by atoms with E-state index in [0.717, 1.165) is 5.56 Å². The first-order valence-corrected chi connectivity index (χ1v) is 8.78. The zero-order valence-electron chi connectivity index (χ0n) is 15.4. The van der Waals surface area contributed by atoms with Crippen LogP contribution in [-0.4, -0.2) is 25.0 Å². The lowest BCUT2D eigenvalue weighted by Crippen LogP contribution is -2.11. The number of nitrogens with one attached hydrogen (secondary N) is 1. The number of nitrogens with zero attached hydrogens (tertiary/aromatic N) is 4. The summed E-state index contributed by atoms with van der Waals surface area (Å²) in [6.45, 7) is 1.77. The van der Waals surface area contributed by atoms with Crippen LogP contribution in [0.4, 0.5) is 10.2 Å². The second-order valence-corrected chi connectivity index (χ2v) is 6.33. The maximum absolute atomic E-state index is 13.9. The highest BCUT2D eigenvalue weighted by atomic mass is 19.1. The molecule has 1 aromatic carbocycles. The van der Waals surface area contributed by atoms with E-state index >= 15 is 0 Å². The van der Waals surface area contributed by atoms with E-state index < -0.39 is 11.9 Å². The van der Waals surface area contributed by atoms with Gasteiger partial charge in [-0.25, -0.2) is 9.37 Å². The molecule has 0 fully saturated rings. The highest BCUT2D eigenvalue weighted by molar-refractivity contribution is 5.66. The minimum absolute atomic E-state index is 0.195. The normalized spacial score (nSPS) is 11.9. The van der Waals surface area contributed by atoms with E-state index in [9.17, 15) is 9.18 Å². The van der Waals surface area contributed by atoms with Gasteiger partial charge >= 0.3 is 0 Å². The molecule has 3 N–H and O–H groups in total. The molecule has 0 amide bonds. The van der Waals surface area contributed by atoms with E-state index in [1.165, 1.54) is 35.4 Å². The zero-order chi connectivity index (χ0) is 20.4. The number of ether oxygens (including phenoxy) is 1. The van der Waals surface area contributed by atoms with Crippen molar-refractivity contribution in [2.75, 3.05) is 5.73 Å². The first-order valence-electron chi connectivity index (χ1n) is 8.78. The summed E-state index contributed by atoms with van der Waals surface area (Å²) in [6.07, 6.45) is 5.67. The Labute approximate surface area is 164 Å². The predicted octanol–water partition coefficient (Wildman–Crippen LogP) is 2.88. The lowest BCUT2D eigenvalue weighted by Gasteiger charge is -2.19. The summed E-state index contributed by atoms with van der Waals surface area (Å²) >= 11 is 0. The Morgan fingerprint density at radius 1 is 1.14 bits per heavy atom. The van der Waals surface area contributed by atoms with Crippen molar-refractivity contribution >= 4 is 5.82 Å². The van der Waals surface area contributed by atoms with Gasteiger partial charge in [-0.2, -0.15) is 15.0 Å². The lowest BCUT2D eigenvalue weighted by atomic mass is 10.1. The minimum atomic E-state index is -0.568. The van der Waals surface area contributed by atoms with Gasteiger partial charge in [-0.1, -0.05) is 0 Å². The molecule has 3 aromatic heterocycles. The molecule has 4 aromatic rings. The topological polar surface area (TPSA) is 112 Å². The maximum Gasteiger partial charge on any atom is 0.247 e. The number of H-pyrrole nitrogens is 1. The summed E-state index contributed by atoms with van der Waals surface area (Å²) < 4.78 is 19.9. The SMILES string of the molecule is C[C@@H](Oc1cc(-c2ccc(=O)[nH]c2)cnc1N)c1cc(F)ccc1-n1nccn1. The van der Waals surface area contributed by atoms with E-state index in [1.54, 1.807) is 37.5 Å². The van der Waals surface area contributed by atoms with Crippen LogP contribution in [0.15, 0.2) is 66.0 Å². The number of halogens is 1. The number of benzene rings is 1. The molecule has 0 radical (unpaired) electrons. The van der Waals surface area contributed by atoms with Crippen molar-refractivity contribution in [3.05, 3.63) is 82.9 Å². The second-order valence-electron chi connectivity index (χ2n) is 6.33. The van der Waals surface area contributed by atoms with E-state index in [-0.39, 0.29) is 11.4 Å². The van der Waals surface area contributed by atoms with Gasteiger partial charge in [0.1, 0.15) is 11.9 Å². The van der Waals surface area contributed by atoms with Crippen LogP contribution in [0.2, 0.25) is 0 Å². The number of nitrogens with two attached hydrogens (primary N) is 1. The zero-order valence-corrected chi connectivity index (χ0v) is 15.4. The maximum atomic E-state index is 13.9. The third-order valence-electron chi connectivity index (χ3n) is 4.36.